The third-order valence-electron chi connectivity index (χ3n) is 3.53. The van der Waals surface area contributed by atoms with Crippen molar-refractivity contribution in [1.29, 1.82) is 0 Å². The van der Waals surface area contributed by atoms with Gasteiger partial charge in [0, 0.05) is 18.8 Å². The normalized spacial score (nSPS) is 18.2. The summed E-state index contributed by atoms with van der Waals surface area (Å²) in [5.41, 5.74) is 0.302. The molecular weight excluding hydrogens is 322 g/mol. The minimum absolute atomic E-state index is 0.0837. The Balaban J connectivity index is 1.70. The lowest BCUT2D eigenvalue weighted by molar-refractivity contribution is -0.140. The van der Waals surface area contributed by atoms with Crippen LogP contribution < -0.4 is 5.56 Å². The van der Waals surface area contributed by atoms with Crippen molar-refractivity contribution in [1.82, 2.24) is 24.6 Å². The number of aromatic amines is 1. The number of rotatable bonds is 3. The zero-order valence-corrected chi connectivity index (χ0v) is 13.3. The fourth-order valence-electron chi connectivity index (χ4n) is 2.49. The van der Waals surface area contributed by atoms with Gasteiger partial charge in [0.15, 0.2) is 0 Å². The molecular formula is C14H16ClN5O3. The highest BCUT2D eigenvalue weighted by molar-refractivity contribution is 6.30. The van der Waals surface area contributed by atoms with Gasteiger partial charge in [-0.2, -0.15) is 5.10 Å². The molecule has 1 N–H and O–H groups in total. The van der Waals surface area contributed by atoms with E-state index in [1.807, 2.05) is 0 Å². The Morgan fingerprint density at radius 3 is 3.09 bits per heavy atom. The molecule has 3 heterocycles. The van der Waals surface area contributed by atoms with Gasteiger partial charge in [0.25, 0.3) is 5.56 Å². The third-order valence-corrected chi connectivity index (χ3v) is 3.72. The van der Waals surface area contributed by atoms with E-state index >= 15 is 0 Å². The molecule has 1 amide bonds. The molecule has 23 heavy (non-hydrogen) atoms. The van der Waals surface area contributed by atoms with Gasteiger partial charge in [-0.3, -0.25) is 14.3 Å². The maximum atomic E-state index is 12.4. The number of hydrogen-bond acceptors (Lipinski definition) is 5. The Morgan fingerprint density at radius 2 is 2.39 bits per heavy atom. The molecule has 8 nitrogen and oxygen atoms in total. The lowest BCUT2D eigenvalue weighted by atomic mass is 10.2. The maximum absolute atomic E-state index is 12.4. The lowest BCUT2D eigenvalue weighted by Crippen LogP contribution is -2.44. The standard InChI is InChI=1S/C14H16ClN5O3/c1-9-17-11(4-13(21)18-9)12-7-19(2-3-23-12)14(22)8-20-6-10(15)5-16-20/h4-6,12H,2-3,7-8H2,1H3,(H,17,18,21). The summed E-state index contributed by atoms with van der Waals surface area (Å²) < 4.78 is 7.15. The molecule has 0 bridgehead atoms. The van der Waals surface area contributed by atoms with E-state index in [4.69, 9.17) is 16.3 Å². The fourth-order valence-corrected chi connectivity index (χ4v) is 2.64. The van der Waals surface area contributed by atoms with Crippen molar-refractivity contribution in [3.63, 3.8) is 0 Å². The molecule has 0 saturated carbocycles. The van der Waals surface area contributed by atoms with Crippen molar-refractivity contribution in [3.8, 4) is 0 Å². The predicted octanol–water partition coefficient (Wildman–Crippen LogP) is 0.528. The van der Waals surface area contributed by atoms with Crippen LogP contribution in [-0.2, 0) is 16.1 Å². The second-order valence-corrected chi connectivity index (χ2v) is 5.75. The first-order valence-corrected chi connectivity index (χ1v) is 7.54. The summed E-state index contributed by atoms with van der Waals surface area (Å²) in [4.78, 5) is 32.5. The molecule has 9 heteroatoms. The van der Waals surface area contributed by atoms with Crippen LogP contribution in [0.4, 0.5) is 0 Å². The number of amides is 1. The van der Waals surface area contributed by atoms with Gasteiger partial charge in [-0.15, -0.1) is 0 Å². The predicted molar refractivity (Wildman–Crippen MR) is 82.1 cm³/mol. The van der Waals surface area contributed by atoms with Gasteiger partial charge in [0.2, 0.25) is 5.91 Å². The van der Waals surface area contributed by atoms with Crippen molar-refractivity contribution in [2.75, 3.05) is 19.7 Å². The Bertz CT molecular complexity index is 772. The van der Waals surface area contributed by atoms with Crippen LogP contribution >= 0.6 is 11.6 Å². The first-order valence-electron chi connectivity index (χ1n) is 7.16. The Labute approximate surface area is 137 Å². The van der Waals surface area contributed by atoms with Crippen LogP contribution in [0.2, 0.25) is 5.02 Å². The number of nitrogens with one attached hydrogen (secondary N) is 1. The van der Waals surface area contributed by atoms with E-state index in [0.29, 0.717) is 36.2 Å². The van der Waals surface area contributed by atoms with Gasteiger partial charge in [0.05, 0.1) is 30.1 Å². The van der Waals surface area contributed by atoms with Crippen LogP contribution in [0.5, 0.6) is 0 Å². The van der Waals surface area contributed by atoms with Crippen LogP contribution in [0.3, 0.4) is 0 Å². The van der Waals surface area contributed by atoms with E-state index in [1.165, 1.54) is 16.9 Å². The Kier molecular flexibility index (Phi) is 4.44. The Morgan fingerprint density at radius 1 is 1.57 bits per heavy atom. The summed E-state index contributed by atoms with van der Waals surface area (Å²) in [6, 6.07) is 1.40. The zero-order chi connectivity index (χ0) is 16.4. The van der Waals surface area contributed by atoms with Crippen molar-refractivity contribution in [2.45, 2.75) is 19.6 Å². The second kappa shape index (κ2) is 6.51. The molecule has 2 aromatic rings. The Hall–Kier alpha value is -2.19. The van der Waals surface area contributed by atoms with E-state index in [-0.39, 0.29) is 18.0 Å². The summed E-state index contributed by atoms with van der Waals surface area (Å²) in [5.74, 6) is 0.436. The summed E-state index contributed by atoms with van der Waals surface area (Å²) in [5, 5.41) is 4.49. The molecule has 0 radical (unpaired) electrons. The SMILES string of the molecule is Cc1nc(C2CN(C(=O)Cn3cc(Cl)cn3)CCO2)cc(=O)[nH]1. The number of carbonyl (C=O) groups excluding carboxylic acids is 1. The molecule has 1 fully saturated rings. The molecule has 2 aromatic heterocycles. The van der Waals surface area contributed by atoms with Crippen LogP contribution in [0, 0.1) is 6.92 Å². The number of nitrogens with zero attached hydrogens (tertiary/aromatic N) is 4. The van der Waals surface area contributed by atoms with E-state index in [0.717, 1.165) is 0 Å². The number of aromatic nitrogens is 4. The van der Waals surface area contributed by atoms with Crippen LogP contribution in [-0.4, -0.2) is 50.3 Å². The molecule has 1 saturated heterocycles. The van der Waals surface area contributed by atoms with Crippen molar-refractivity contribution < 1.29 is 9.53 Å². The number of ether oxygens (including phenoxy) is 1. The van der Waals surface area contributed by atoms with Crippen LogP contribution in [0.1, 0.15) is 17.6 Å². The number of hydrogen-bond donors (Lipinski definition) is 1. The number of carbonyl (C=O) groups is 1. The van der Waals surface area contributed by atoms with Gasteiger partial charge in [-0.05, 0) is 6.92 Å². The average molecular weight is 338 g/mol. The molecule has 1 aliphatic heterocycles. The first-order chi connectivity index (χ1) is 11.0. The highest BCUT2D eigenvalue weighted by Gasteiger charge is 2.27. The topological polar surface area (TPSA) is 93.1 Å². The molecule has 0 spiro atoms. The summed E-state index contributed by atoms with van der Waals surface area (Å²) >= 11 is 5.79. The second-order valence-electron chi connectivity index (χ2n) is 5.31. The van der Waals surface area contributed by atoms with E-state index < -0.39 is 6.10 Å². The van der Waals surface area contributed by atoms with Crippen LogP contribution in [0.25, 0.3) is 0 Å². The molecule has 122 valence electrons. The summed E-state index contributed by atoms with van der Waals surface area (Å²) in [6.07, 6.45) is 2.67. The number of halogens is 1. The minimum atomic E-state index is -0.407. The average Bonchev–Trinajstić information content (AvgIpc) is 2.91. The molecule has 1 aliphatic rings. The summed E-state index contributed by atoms with van der Waals surface area (Å²) in [6.45, 7) is 3.05. The van der Waals surface area contributed by atoms with E-state index in [9.17, 15) is 9.59 Å². The van der Waals surface area contributed by atoms with Crippen molar-refractivity contribution in [3.05, 3.63) is 45.4 Å². The number of aryl methyl sites for hydroxylation is 1. The minimum Gasteiger partial charge on any atom is -0.368 e. The van der Waals surface area contributed by atoms with Gasteiger partial charge in [-0.25, -0.2) is 4.98 Å². The first kappa shape index (κ1) is 15.7. The summed E-state index contributed by atoms with van der Waals surface area (Å²) in [7, 11) is 0. The van der Waals surface area contributed by atoms with Crippen LogP contribution in [0.15, 0.2) is 23.3 Å². The highest BCUT2D eigenvalue weighted by Crippen LogP contribution is 2.20. The lowest BCUT2D eigenvalue weighted by Gasteiger charge is -2.32. The van der Waals surface area contributed by atoms with Gasteiger partial charge < -0.3 is 14.6 Å². The molecule has 3 rings (SSSR count). The third kappa shape index (κ3) is 3.77. The molecule has 1 atom stereocenters. The largest absolute Gasteiger partial charge is 0.368 e. The van der Waals surface area contributed by atoms with Crippen molar-refractivity contribution in [2.24, 2.45) is 0 Å². The van der Waals surface area contributed by atoms with E-state index in [1.54, 1.807) is 18.0 Å². The van der Waals surface area contributed by atoms with Gasteiger partial charge in [-0.1, -0.05) is 11.6 Å². The fraction of sp³-hybridized carbons (Fsp3) is 0.429. The highest BCUT2D eigenvalue weighted by atomic mass is 35.5. The van der Waals surface area contributed by atoms with Gasteiger partial charge >= 0.3 is 0 Å². The number of morpholine rings is 1. The van der Waals surface area contributed by atoms with E-state index in [2.05, 4.69) is 15.1 Å². The molecule has 1 unspecified atom stereocenters. The zero-order valence-electron chi connectivity index (χ0n) is 12.5. The van der Waals surface area contributed by atoms with Gasteiger partial charge in [0.1, 0.15) is 18.5 Å². The smallest absolute Gasteiger partial charge is 0.251 e. The monoisotopic (exact) mass is 337 g/mol. The number of H-pyrrole nitrogens is 1. The maximum Gasteiger partial charge on any atom is 0.251 e. The molecule has 0 aliphatic carbocycles. The van der Waals surface area contributed by atoms with Crippen molar-refractivity contribution >= 4 is 17.5 Å². The quantitative estimate of drug-likeness (QED) is 0.881. The molecule has 0 aromatic carbocycles.